The van der Waals surface area contributed by atoms with Gasteiger partial charge in [-0.15, -0.1) is 0 Å². The SMILES string of the molecule is CCNC(Cc1cc(C)ccc1C)c1cccc(C)n1. The van der Waals surface area contributed by atoms with Crippen molar-refractivity contribution in [2.24, 2.45) is 0 Å². The summed E-state index contributed by atoms with van der Waals surface area (Å²) in [5, 5.41) is 3.56. The first-order chi connectivity index (χ1) is 9.60. The van der Waals surface area contributed by atoms with E-state index in [-0.39, 0.29) is 6.04 Å². The molecule has 2 nitrogen and oxygen atoms in total. The lowest BCUT2D eigenvalue weighted by Gasteiger charge is -2.19. The maximum absolute atomic E-state index is 4.68. The quantitative estimate of drug-likeness (QED) is 0.889. The third kappa shape index (κ3) is 3.67. The molecular formula is C18H24N2. The number of nitrogens with one attached hydrogen (secondary N) is 1. The first-order valence-electron chi connectivity index (χ1n) is 7.33. The molecule has 0 aliphatic heterocycles. The highest BCUT2D eigenvalue weighted by atomic mass is 14.9. The lowest BCUT2D eigenvalue weighted by atomic mass is 9.97. The second-order valence-corrected chi connectivity index (χ2v) is 5.45. The van der Waals surface area contributed by atoms with Crippen molar-refractivity contribution in [2.75, 3.05) is 6.54 Å². The second kappa shape index (κ2) is 6.67. The zero-order valence-corrected chi connectivity index (χ0v) is 12.9. The first-order valence-corrected chi connectivity index (χ1v) is 7.33. The van der Waals surface area contributed by atoms with Crippen LogP contribution in [-0.2, 0) is 6.42 Å². The van der Waals surface area contributed by atoms with Crippen molar-refractivity contribution in [3.05, 3.63) is 64.5 Å². The van der Waals surface area contributed by atoms with E-state index in [2.05, 4.69) is 61.4 Å². The average molecular weight is 268 g/mol. The summed E-state index contributed by atoms with van der Waals surface area (Å²) in [6, 6.07) is 13.2. The van der Waals surface area contributed by atoms with Crippen molar-refractivity contribution in [1.82, 2.24) is 10.3 Å². The van der Waals surface area contributed by atoms with Crippen LogP contribution in [0.5, 0.6) is 0 Å². The monoisotopic (exact) mass is 268 g/mol. The molecular weight excluding hydrogens is 244 g/mol. The highest BCUT2D eigenvalue weighted by Gasteiger charge is 2.14. The molecule has 0 spiro atoms. The van der Waals surface area contributed by atoms with E-state index in [1.54, 1.807) is 0 Å². The van der Waals surface area contributed by atoms with E-state index in [0.29, 0.717) is 0 Å². The summed E-state index contributed by atoms with van der Waals surface area (Å²) < 4.78 is 0. The van der Waals surface area contributed by atoms with Gasteiger partial charge in [-0.3, -0.25) is 4.98 Å². The lowest BCUT2D eigenvalue weighted by Crippen LogP contribution is -2.24. The zero-order chi connectivity index (χ0) is 14.5. The molecule has 0 aliphatic carbocycles. The van der Waals surface area contributed by atoms with Gasteiger partial charge in [-0.1, -0.05) is 36.8 Å². The molecule has 2 aromatic rings. The van der Waals surface area contributed by atoms with Crippen LogP contribution >= 0.6 is 0 Å². The molecule has 1 heterocycles. The fourth-order valence-electron chi connectivity index (χ4n) is 2.53. The molecule has 1 aromatic carbocycles. The molecule has 106 valence electrons. The predicted molar refractivity (Wildman–Crippen MR) is 85.0 cm³/mol. The molecule has 0 saturated carbocycles. The largest absolute Gasteiger partial charge is 0.309 e. The molecule has 2 heteroatoms. The predicted octanol–water partition coefficient (Wildman–Crippen LogP) is 3.90. The Hall–Kier alpha value is -1.67. The summed E-state index contributed by atoms with van der Waals surface area (Å²) in [7, 11) is 0. The van der Waals surface area contributed by atoms with Crippen LogP contribution in [-0.4, -0.2) is 11.5 Å². The van der Waals surface area contributed by atoms with E-state index in [0.717, 1.165) is 24.4 Å². The summed E-state index contributed by atoms with van der Waals surface area (Å²) in [5.41, 5.74) is 6.28. The van der Waals surface area contributed by atoms with Gasteiger partial charge < -0.3 is 5.32 Å². The minimum absolute atomic E-state index is 0.278. The summed E-state index contributed by atoms with van der Waals surface area (Å²) in [6.45, 7) is 9.47. The van der Waals surface area contributed by atoms with Gasteiger partial charge in [-0.25, -0.2) is 0 Å². The number of pyridine rings is 1. The molecule has 0 aliphatic rings. The van der Waals surface area contributed by atoms with Gasteiger partial charge in [0, 0.05) is 5.69 Å². The Labute approximate surface area is 122 Å². The molecule has 0 fully saturated rings. The number of rotatable bonds is 5. The summed E-state index contributed by atoms with van der Waals surface area (Å²) in [5.74, 6) is 0. The molecule has 0 bridgehead atoms. The van der Waals surface area contributed by atoms with E-state index in [1.165, 1.54) is 16.7 Å². The topological polar surface area (TPSA) is 24.9 Å². The van der Waals surface area contributed by atoms with Crippen LogP contribution in [0.15, 0.2) is 36.4 Å². The van der Waals surface area contributed by atoms with E-state index < -0.39 is 0 Å². The fourth-order valence-corrected chi connectivity index (χ4v) is 2.53. The zero-order valence-electron chi connectivity index (χ0n) is 12.9. The highest BCUT2D eigenvalue weighted by Crippen LogP contribution is 2.20. The Kier molecular flexibility index (Phi) is 4.91. The van der Waals surface area contributed by atoms with Crippen LogP contribution in [0.1, 0.15) is 41.0 Å². The number of nitrogens with zero attached hydrogens (tertiary/aromatic N) is 1. The van der Waals surface area contributed by atoms with Crippen LogP contribution < -0.4 is 5.32 Å². The Balaban J connectivity index is 2.27. The average Bonchev–Trinajstić information content (AvgIpc) is 2.42. The van der Waals surface area contributed by atoms with Crippen LogP contribution in [0, 0.1) is 20.8 Å². The molecule has 0 saturated heterocycles. The molecule has 0 amide bonds. The van der Waals surface area contributed by atoms with Crippen molar-refractivity contribution in [1.29, 1.82) is 0 Å². The van der Waals surface area contributed by atoms with Crippen LogP contribution in [0.3, 0.4) is 0 Å². The number of benzene rings is 1. The molecule has 1 atom stereocenters. The standard InChI is InChI=1S/C18H24N2/c1-5-19-18(17-8-6-7-15(4)20-17)12-16-11-13(2)9-10-14(16)3/h6-11,18-19H,5,12H2,1-4H3. The Bertz CT molecular complexity index is 575. The van der Waals surface area contributed by atoms with Crippen molar-refractivity contribution in [2.45, 2.75) is 40.2 Å². The number of hydrogen-bond acceptors (Lipinski definition) is 2. The number of likely N-dealkylation sites (N-methyl/N-ethyl adjacent to an activating group) is 1. The Morgan fingerprint density at radius 2 is 1.90 bits per heavy atom. The second-order valence-electron chi connectivity index (χ2n) is 5.45. The van der Waals surface area contributed by atoms with Gasteiger partial charge in [-0.2, -0.15) is 0 Å². The van der Waals surface area contributed by atoms with Gasteiger partial charge in [0.05, 0.1) is 11.7 Å². The van der Waals surface area contributed by atoms with Crippen LogP contribution in [0.2, 0.25) is 0 Å². The molecule has 20 heavy (non-hydrogen) atoms. The molecule has 2 rings (SSSR count). The van der Waals surface area contributed by atoms with Crippen molar-refractivity contribution in [3.8, 4) is 0 Å². The molecule has 1 N–H and O–H groups in total. The van der Waals surface area contributed by atoms with E-state index >= 15 is 0 Å². The van der Waals surface area contributed by atoms with Crippen LogP contribution in [0.4, 0.5) is 0 Å². The minimum Gasteiger partial charge on any atom is -0.309 e. The third-order valence-electron chi connectivity index (χ3n) is 3.65. The smallest absolute Gasteiger partial charge is 0.0579 e. The first kappa shape index (κ1) is 14.7. The van der Waals surface area contributed by atoms with E-state index in [4.69, 9.17) is 0 Å². The van der Waals surface area contributed by atoms with Crippen molar-refractivity contribution >= 4 is 0 Å². The third-order valence-corrected chi connectivity index (χ3v) is 3.65. The molecule has 1 aromatic heterocycles. The van der Waals surface area contributed by atoms with Gasteiger partial charge in [0.1, 0.15) is 0 Å². The highest BCUT2D eigenvalue weighted by molar-refractivity contribution is 5.32. The minimum atomic E-state index is 0.278. The molecule has 0 radical (unpaired) electrons. The summed E-state index contributed by atoms with van der Waals surface area (Å²) in [4.78, 5) is 4.68. The molecule has 1 unspecified atom stereocenters. The maximum Gasteiger partial charge on any atom is 0.0579 e. The van der Waals surface area contributed by atoms with Crippen LogP contribution in [0.25, 0.3) is 0 Å². The van der Waals surface area contributed by atoms with E-state index in [9.17, 15) is 0 Å². The summed E-state index contributed by atoms with van der Waals surface area (Å²) in [6.07, 6.45) is 0.984. The van der Waals surface area contributed by atoms with Gasteiger partial charge in [-0.05, 0) is 57.0 Å². The van der Waals surface area contributed by atoms with Gasteiger partial charge in [0.2, 0.25) is 0 Å². The van der Waals surface area contributed by atoms with Gasteiger partial charge >= 0.3 is 0 Å². The number of aryl methyl sites for hydroxylation is 3. The number of hydrogen-bond donors (Lipinski definition) is 1. The van der Waals surface area contributed by atoms with E-state index in [1.807, 2.05) is 13.0 Å². The van der Waals surface area contributed by atoms with Crippen molar-refractivity contribution < 1.29 is 0 Å². The van der Waals surface area contributed by atoms with Gasteiger partial charge in [0.25, 0.3) is 0 Å². The fraction of sp³-hybridized carbons (Fsp3) is 0.389. The van der Waals surface area contributed by atoms with Crippen molar-refractivity contribution in [3.63, 3.8) is 0 Å². The van der Waals surface area contributed by atoms with Gasteiger partial charge in [0.15, 0.2) is 0 Å². The Morgan fingerprint density at radius 1 is 1.10 bits per heavy atom. The maximum atomic E-state index is 4.68. The summed E-state index contributed by atoms with van der Waals surface area (Å²) >= 11 is 0. The lowest BCUT2D eigenvalue weighted by molar-refractivity contribution is 0.534. The Morgan fingerprint density at radius 3 is 2.60 bits per heavy atom. The number of aromatic nitrogens is 1. The normalized spacial score (nSPS) is 12.4.